The summed E-state index contributed by atoms with van der Waals surface area (Å²) in [7, 11) is 0. The van der Waals surface area contributed by atoms with E-state index in [0.29, 0.717) is 32.1 Å². The summed E-state index contributed by atoms with van der Waals surface area (Å²) in [6.45, 7) is 1.97. The Hall–Kier alpha value is -2.32. The van der Waals surface area contributed by atoms with Crippen molar-refractivity contribution in [1.82, 2.24) is 0 Å². The maximum atomic E-state index is 12.9. The maximum Gasteiger partial charge on any atom is 0.305 e. The molecule has 0 bridgehead atoms. The molecule has 0 aliphatic carbocycles. The van der Waals surface area contributed by atoms with E-state index >= 15 is 0 Å². The van der Waals surface area contributed by atoms with Crippen molar-refractivity contribution in [3.63, 3.8) is 0 Å². The number of hydrogen-bond acceptors (Lipinski definition) is 10. The molecule has 0 amide bonds. The molecule has 0 heterocycles. The van der Waals surface area contributed by atoms with Gasteiger partial charge in [0.25, 0.3) is 0 Å². The minimum atomic E-state index is -0.673. The van der Waals surface area contributed by atoms with Crippen LogP contribution in [0.2, 0.25) is 0 Å². The van der Waals surface area contributed by atoms with E-state index in [1.165, 1.54) is 405 Å². The quantitative estimate of drug-likeness (QED) is 0.0209. The molecule has 0 aromatic carbocycles. The molecular weight excluding hydrogens is 1420 g/mol. The summed E-state index contributed by atoms with van der Waals surface area (Å²) < 4.78 is 5.82. The SMILES string of the molecule is CC(CO)C(CO)(CCCCCCCCCCCCCCCCCCCCCCC(=O)O)COC(=O)CCCCCCCCCCCCCCCCCCCCCC(CCCCCCCCCCCCCCCCCCCCCC(=O)O)(CCCCCCCCCCCCCCCCCCCCCC(=O)O)C(CO)(CO)CCO. The molecular formula is C101H196O13. The first kappa shape index (κ1) is 112. The first-order valence-corrected chi connectivity index (χ1v) is 50.7. The number of aliphatic hydroxyl groups excluding tert-OH is 5. The molecule has 0 aliphatic rings. The minimum absolute atomic E-state index is 0.00720. The van der Waals surface area contributed by atoms with Crippen molar-refractivity contribution in [2.24, 2.45) is 22.2 Å². The average molecular weight is 1620 g/mol. The van der Waals surface area contributed by atoms with Gasteiger partial charge in [0.15, 0.2) is 0 Å². The van der Waals surface area contributed by atoms with Gasteiger partial charge in [-0.05, 0) is 69.1 Å². The Morgan fingerprint density at radius 1 is 0.219 bits per heavy atom. The van der Waals surface area contributed by atoms with Crippen LogP contribution in [0, 0.1) is 22.2 Å². The average Bonchev–Trinajstić information content (AvgIpc) is 0.774. The van der Waals surface area contributed by atoms with E-state index in [1.807, 2.05) is 6.92 Å². The fraction of sp³-hybridized carbons (Fsp3) is 0.960. The lowest BCUT2D eigenvalue weighted by Gasteiger charge is -2.50. The van der Waals surface area contributed by atoms with Crippen molar-refractivity contribution in [2.75, 3.05) is 39.6 Å². The molecule has 0 saturated carbocycles. The van der Waals surface area contributed by atoms with Crippen LogP contribution in [0.25, 0.3) is 0 Å². The highest BCUT2D eigenvalue weighted by Crippen LogP contribution is 2.53. The van der Waals surface area contributed by atoms with Gasteiger partial charge >= 0.3 is 23.9 Å². The van der Waals surface area contributed by atoms with Crippen molar-refractivity contribution in [3.8, 4) is 0 Å². The fourth-order valence-corrected chi connectivity index (χ4v) is 18.6. The van der Waals surface area contributed by atoms with Crippen LogP contribution in [0.4, 0.5) is 0 Å². The molecule has 0 fully saturated rings. The minimum Gasteiger partial charge on any atom is -0.481 e. The zero-order valence-corrected chi connectivity index (χ0v) is 75.8. The Kier molecular flexibility index (Phi) is 85.3. The predicted molar refractivity (Wildman–Crippen MR) is 483 cm³/mol. The van der Waals surface area contributed by atoms with Crippen LogP contribution >= 0.6 is 0 Å². The van der Waals surface area contributed by atoms with E-state index in [9.17, 15) is 44.7 Å². The third kappa shape index (κ3) is 71.4. The van der Waals surface area contributed by atoms with E-state index < -0.39 is 28.7 Å². The second-order valence-electron chi connectivity index (χ2n) is 37.0. The molecule has 0 radical (unpaired) electrons. The van der Waals surface area contributed by atoms with Gasteiger partial charge in [-0.1, -0.05) is 476 Å². The highest BCUT2D eigenvalue weighted by atomic mass is 16.5. The second kappa shape index (κ2) is 87.0. The van der Waals surface area contributed by atoms with Gasteiger partial charge in [-0.15, -0.1) is 0 Å². The number of unbranched alkanes of at least 4 members (excludes halogenated alkanes) is 73. The van der Waals surface area contributed by atoms with E-state index in [0.717, 1.165) is 116 Å². The number of hydrogen-bond donors (Lipinski definition) is 8. The van der Waals surface area contributed by atoms with Crippen LogP contribution < -0.4 is 0 Å². The molecule has 0 rings (SSSR count). The van der Waals surface area contributed by atoms with Gasteiger partial charge in [0.1, 0.15) is 0 Å². The third-order valence-electron chi connectivity index (χ3n) is 26.9. The lowest BCUT2D eigenvalue weighted by Crippen LogP contribution is -2.48. The van der Waals surface area contributed by atoms with E-state index in [4.69, 9.17) is 20.1 Å². The molecule has 114 heavy (non-hydrogen) atoms. The number of carbonyl (C=O) groups is 4. The predicted octanol–water partition coefficient (Wildman–Crippen LogP) is 29.9. The van der Waals surface area contributed by atoms with Crippen LogP contribution in [0.1, 0.15) is 559 Å². The topological polar surface area (TPSA) is 239 Å². The molecule has 0 aromatic heterocycles. The van der Waals surface area contributed by atoms with Crippen molar-refractivity contribution in [1.29, 1.82) is 0 Å². The fourth-order valence-electron chi connectivity index (χ4n) is 18.6. The molecule has 0 spiro atoms. The van der Waals surface area contributed by atoms with Gasteiger partial charge in [0, 0.05) is 49.7 Å². The first-order chi connectivity index (χ1) is 55.8. The zero-order valence-electron chi connectivity index (χ0n) is 75.8. The molecule has 8 N–H and O–H groups in total. The highest BCUT2D eigenvalue weighted by Gasteiger charge is 2.49. The molecule has 0 aliphatic heterocycles. The lowest BCUT2D eigenvalue weighted by molar-refractivity contribution is -0.151. The standard InChI is InChI=1S/C101H196O13/c1-94(89-103)99(90-104,83-75-67-59-51-43-35-27-19-11-3-2-7-15-23-31-39-47-55-63-71-79-95(107)108)93-114-98(113)82-74-66-58-50-42-34-26-18-10-6-14-22-30-38-46-54-62-70-78-86-100(101(91-105,92-106)87-88-102,84-76-68-60-52-44-36-28-20-12-4-8-16-24-32-40-48-56-64-72-80-96(109)110)85-77-69-61-53-45-37-29-21-13-5-9-17-25-33-41-49-57-65-73-81-97(111)112/h94,102-106H,2-93H2,1H3,(H,107,108)(H,109,110)(H,111,112). The van der Waals surface area contributed by atoms with Gasteiger partial charge in [-0.25, -0.2) is 0 Å². The molecule has 678 valence electrons. The van der Waals surface area contributed by atoms with E-state index in [-0.39, 0.29) is 56.9 Å². The number of rotatable bonds is 99. The highest BCUT2D eigenvalue weighted by molar-refractivity contribution is 5.69. The van der Waals surface area contributed by atoms with Gasteiger partial charge < -0.3 is 45.6 Å². The normalized spacial score (nSPS) is 12.8. The number of carboxylic acids is 3. The first-order valence-electron chi connectivity index (χ1n) is 50.7. The smallest absolute Gasteiger partial charge is 0.305 e. The van der Waals surface area contributed by atoms with Crippen molar-refractivity contribution in [3.05, 3.63) is 0 Å². The molecule has 0 saturated heterocycles. The van der Waals surface area contributed by atoms with Crippen molar-refractivity contribution in [2.45, 2.75) is 559 Å². The van der Waals surface area contributed by atoms with Gasteiger partial charge in [0.2, 0.25) is 0 Å². The van der Waals surface area contributed by atoms with E-state index in [2.05, 4.69) is 0 Å². The second-order valence-corrected chi connectivity index (χ2v) is 37.0. The van der Waals surface area contributed by atoms with Crippen molar-refractivity contribution >= 4 is 23.9 Å². The van der Waals surface area contributed by atoms with E-state index in [1.54, 1.807) is 0 Å². The van der Waals surface area contributed by atoms with Crippen LogP contribution in [0.3, 0.4) is 0 Å². The Labute approximate surface area is 705 Å². The maximum absolute atomic E-state index is 12.9. The Balaban J connectivity index is 4.58. The molecule has 2 atom stereocenters. The Bertz CT molecular complexity index is 1940. The van der Waals surface area contributed by atoms with Crippen LogP contribution in [-0.2, 0) is 23.9 Å². The number of esters is 1. The molecule has 2 unspecified atom stereocenters. The summed E-state index contributed by atoms with van der Waals surface area (Å²) in [4.78, 5) is 44.9. The van der Waals surface area contributed by atoms with Gasteiger partial charge in [0.05, 0.1) is 26.4 Å². The number of carboxylic acid groups (broad SMARTS) is 3. The number of carbonyl (C=O) groups excluding carboxylic acids is 1. The van der Waals surface area contributed by atoms with Crippen LogP contribution in [0.5, 0.6) is 0 Å². The lowest BCUT2D eigenvalue weighted by atomic mass is 9.55. The van der Waals surface area contributed by atoms with Gasteiger partial charge in [-0.2, -0.15) is 0 Å². The van der Waals surface area contributed by atoms with Crippen molar-refractivity contribution < 1.29 is 64.8 Å². The summed E-state index contributed by atoms with van der Waals surface area (Å²) in [6.07, 6.45) is 102. The Morgan fingerprint density at radius 3 is 0.561 bits per heavy atom. The summed E-state index contributed by atoms with van der Waals surface area (Å²) in [5, 5.41) is 80.1. The molecule has 0 aromatic rings. The molecule has 13 nitrogen and oxygen atoms in total. The zero-order chi connectivity index (χ0) is 83.1. The molecule has 13 heteroatoms. The summed E-state index contributed by atoms with van der Waals surface area (Å²) >= 11 is 0. The monoisotopic (exact) mass is 1620 g/mol. The van der Waals surface area contributed by atoms with Crippen LogP contribution in [0.15, 0.2) is 0 Å². The number of ether oxygens (including phenoxy) is 1. The van der Waals surface area contributed by atoms with Crippen LogP contribution in [-0.4, -0.2) is 104 Å². The van der Waals surface area contributed by atoms with Gasteiger partial charge in [-0.3, -0.25) is 19.2 Å². The summed E-state index contributed by atoms with van der Waals surface area (Å²) in [6, 6.07) is 0. The number of aliphatic carboxylic acids is 3. The largest absolute Gasteiger partial charge is 0.481 e. The summed E-state index contributed by atoms with van der Waals surface area (Å²) in [5.41, 5.74) is -1.40. The Morgan fingerprint density at radius 2 is 0.395 bits per heavy atom. The number of aliphatic hydroxyl groups is 5. The summed E-state index contributed by atoms with van der Waals surface area (Å²) in [5.74, 6) is -2.33. The third-order valence-corrected chi connectivity index (χ3v) is 26.9.